The number of nitrogens with zero attached hydrogens (tertiary/aromatic N) is 8. The smallest absolute Gasteiger partial charge is 0.359 e. The van der Waals surface area contributed by atoms with E-state index in [4.69, 9.17) is 0 Å². The standard InChI is InChI=1S/C37H39F3N10O4S2/c1-47-30-18-25(5-6-29(30)34(46-47)50-16-11-32(51)45-36(50)52)24-7-12-48(13-8-24)22-23-19-41-33(42-20-23)26-3-2-4-28(17-26)56(53,54)49-14-9-27(10-15-49)44-35-43-21-31(55-35)37(38,39)40/h2-6,17-21,24,27H,7-16,22H2,1H3,(H,43,44)(H,45,51,52). The van der Waals surface area contributed by atoms with E-state index in [1.807, 2.05) is 13.1 Å². The number of likely N-dealkylation sites (tertiary alicyclic amines) is 1. The molecule has 6 heterocycles. The van der Waals surface area contributed by atoms with Crippen LogP contribution in [0.25, 0.3) is 22.3 Å². The minimum atomic E-state index is -4.45. The summed E-state index contributed by atoms with van der Waals surface area (Å²) in [5, 5.41) is 11.0. The van der Waals surface area contributed by atoms with Gasteiger partial charge >= 0.3 is 12.2 Å². The zero-order valence-corrected chi connectivity index (χ0v) is 32.0. The van der Waals surface area contributed by atoms with Crippen molar-refractivity contribution in [1.82, 2.24) is 39.3 Å². The molecule has 3 saturated heterocycles. The molecule has 3 aliphatic rings. The van der Waals surface area contributed by atoms with E-state index >= 15 is 0 Å². The number of hydrogen-bond acceptors (Lipinski definition) is 11. The maximum absolute atomic E-state index is 13.6. The number of fused-ring (bicyclic) bond motifs is 1. The second-order valence-corrected chi connectivity index (χ2v) is 17.3. The number of carbonyl (C=O) groups is 2. The van der Waals surface area contributed by atoms with Crippen LogP contribution < -0.4 is 15.5 Å². The molecule has 3 aromatic heterocycles. The molecule has 2 aromatic carbocycles. The molecule has 0 radical (unpaired) electrons. The van der Waals surface area contributed by atoms with Crippen LogP contribution in [0.3, 0.4) is 0 Å². The van der Waals surface area contributed by atoms with E-state index in [-0.39, 0.29) is 41.5 Å². The maximum atomic E-state index is 13.6. The lowest BCUT2D eigenvalue weighted by molar-refractivity contribution is -0.134. The van der Waals surface area contributed by atoms with Gasteiger partial charge in [0.2, 0.25) is 15.9 Å². The quantitative estimate of drug-likeness (QED) is 0.192. The van der Waals surface area contributed by atoms with E-state index in [0.717, 1.165) is 48.6 Å². The number of alkyl halides is 3. The van der Waals surface area contributed by atoms with E-state index in [1.54, 1.807) is 41.3 Å². The molecule has 3 aliphatic heterocycles. The number of amides is 3. The fourth-order valence-electron chi connectivity index (χ4n) is 7.57. The van der Waals surface area contributed by atoms with Crippen LogP contribution in [0.1, 0.15) is 54.0 Å². The van der Waals surface area contributed by atoms with Crippen molar-refractivity contribution < 1.29 is 31.2 Å². The Hall–Kier alpha value is -4.98. The summed E-state index contributed by atoms with van der Waals surface area (Å²) in [7, 11) is -1.97. The Kier molecular flexibility index (Phi) is 10.3. The first kappa shape index (κ1) is 37.9. The molecule has 0 aliphatic carbocycles. The molecule has 8 rings (SSSR count). The summed E-state index contributed by atoms with van der Waals surface area (Å²) in [5.41, 5.74) is 3.68. The minimum absolute atomic E-state index is 0.127. The number of thiazole rings is 1. The van der Waals surface area contributed by atoms with Crippen molar-refractivity contribution in [3.05, 3.63) is 77.1 Å². The van der Waals surface area contributed by atoms with E-state index in [9.17, 15) is 31.2 Å². The lowest BCUT2D eigenvalue weighted by Gasteiger charge is -2.32. The van der Waals surface area contributed by atoms with Crippen molar-refractivity contribution in [3.63, 3.8) is 0 Å². The normalized spacial score (nSPS) is 18.5. The van der Waals surface area contributed by atoms with Crippen molar-refractivity contribution >= 4 is 55.2 Å². The molecular weight excluding hydrogens is 770 g/mol. The highest BCUT2D eigenvalue weighted by Gasteiger charge is 2.35. The lowest BCUT2D eigenvalue weighted by atomic mass is 9.89. The Bertz CT molecular complexity index is 2370. The van der Waals surface area contributed by atoms with Gasteiger partial charge in [0.25, 0.3) is 0 Å². The third kappa shape index (κ3) is 7.85. The second-order valence-electron chi connectivity index (χ2n) is 14.3. The number of nitrogens with one attached hydrogen (secondary N) is 2. The Labute approximate surface area is 324 Å². The number of halogens is 3. The molecule has 294 valence electrons. The van der Waals surface area contributed by atoms with Crippen molar-refractivity contribution in [1.29, 1.82) is 0 Å². The van der Waals surface area contributed by atoms with E-state index in [2.05, 4.69) is 47.7 Å². The first-order valence-corrected chi connectivity index (χ1v) is 20.6. The van der Waals surface area contributed by atoms with E-state index < -0.39 is 27.1 Å². The molecule has 2 N–H and O–H groups in total. The summed E-state index contributed by atoms with van der Waals surface area (Å²) in [5.74, 6) is 1.05. The third-order valence-corrected chi connectivity index (χ3v) is 13.5. The summed E-state index contributed by atoms with van der Waals surface area (Å²) < 4.78 is 69.2. The minimum Gasteiger partial charge on any atom is -0.359 e. The summed E-state index contributed by atoms with van der Waals surface area (Å²) in [6.07, 6.45) is 2.93. The van der Waals surface area contributed by atoms with Gasteiger partial charge in [-0.15, -0.1) is 0 Å². The summed E-state index contributed by atoms with van der Waals surface area (Å²) in [6, 6.07) is 12.2. The first-order valence-electron chi connectivity index (χ1n) is 18.3. The largest absolute Gasteiger partial charge is 0.427 e. The van der Waals surface area contributed by atoms with Gasteiger partial charge < -0.3 is 5.32 Å². The van der Waals surface area contributed by atoms with E-state index in [1.165, 1.54) is 14.8 Å². The van der Waals surface area contributed by atoms with Crippen LogP contribution in [0.5, 0.6) is 0 Å². The van der Waals surface area contributed by atoms with Gasteiger partial charge in [0.15, 0.2) is 16.8 Å². The highest BCUT2D eigenvalue weighted by molar-refractivity contribution is 7.89. The average molecular weight is 809 g/mol. The van der Waals surface area contributed by atoms with Gasteiger partial charge in [-0.3, -0.25) is 24.6 Å². The van der Waals surface area contributed by atoms with Gasteiger partial charge in [0, 0.05) is 74.6 Å². The monoisotopic (exact) mass is 808 g/mol. The zero-order chi connectivity index (χ0) is 39.2. The number of aryl methyl sites for hydroxylation is 1. The molecule has 3 amide bonds. The summed E-state index contributed by atoms with van der Waals surface area (Å²) >= 11 is 0.538. The molecule has 0 spiro atoms. The highest BCUT2D eigenvalue weighted by atomic mass is 32.2. The van der Waals surface area contributed by atoms with Crippen molar-refractivity contribution in [3.8, 4) is 11.4 Å². The fraction of sp³-hybridized carbons (Fsp3) is 0.405. The van der Waals surface area contributed by atoms with Gasteiger partial charge in [-0.1, -0.05) is 29.5 Å². The van der Waals surface area contributed by atoms with Gasteiger partial charge in [0.05, 0.1) is 16.6 Å². The van der Waals surface area contributed by atoms with Crippen molar-refractivity contribution in [2.75, 3.05) is 42.9 Å². The second kappa shape index (κ2) is 15.2. The predicted molar refractivity (Wildman–Crippen MR) is 203 cm³/mol. The maximum Gasteiger partial charge on any atom is 0.427 e. The topological polar surface area (TPSA) is 159 Å². The number of sulfonamides is 1. The van der Waals surface area contributed by atoms with E-state index in [0.29, 0.717) is 60.4 Å². The third-order valence-electron chi connectivity index (χ3n) is 10.6. The van der Waals surface area contributed by atoms with Crippen LogP contribution in [0.2, 0.25) is 0 Å². The molecule has 0 saturated carbocycles. The number of urea groups is 1. The van der Waals surface area contributed by atoms with Crippen molar-refractivity contribution in [2.24, 2.45) is 7.05 Å². The Morgan fingerprint density at radius 1 is 0.929 bits per heavy atom. The number of imide groups is 1. The highest BCUT2D eigenvalue weighted by Crippen LogP contribution is 2.37. The SMILES string of the molecule is Cn1nc(N2CCC(=O)NC2=O)c2ccc(C3CCN(Cc4cnc(-c5cccc(S(=O)(=O)N6CCC(Nc7ncc(C(F)(F)F)s7)CC6)c5)nc4)CC3)cc21. The number of aromatic nitrogens is 5. The zero-order valence-electron chi connectivity index (χ0n) is 30.4. The van der Waals surface area contributed by atoms with Crippen LogP contribution in [-0.2, 0) is 34.6 Å². The van der Waals surface area contributed by atoms with Gasteiger partial charge in [-0.25, -0.2) is 28.2 Å². The Morgan fingerprint density at radius 2 is 1.68 bits per heavy atom. The fourth-order valence-corrected chi connectivity index (χ4v) is 9.85. The van der Waals surface area contributed by atoms with Gasteiger partial charge in [0.1, 0.15) is 4.88 Å². The van der Waals surface area contributed by atoms with Crippen LogP contribution >= 0.6 is 11.3 Å². The summed E-state index contributed by atoms with van der Waals surface area (Å²) in [4.78, 5) is 40.3. The molecule has 5 aromatic rings. The molecule has 0 atom stereocenters. The van der Waals surface area contributed by atoms with Crippen LogP contribution in [-0.4, -0.2) is 93.1 Å². The number of piperidine rings is 2. The van der Waals surface area contributed by atoms with Gasteiger partial charge in [-0.05, 0) is 74.5 Å². The molecule has 0 bridgehead atoms. The molecule has 19 heteroatoms. The van der Waals surface area contributed by atoms with Crippen LogP contribution in [0, 0.1) is 0 Å². The predicted octanol–water partition coefficient (Wildman–Crippen LogP) is 5.60. The molecule has 14 nitrogen and oxygen atoms in total. The average Bonchev–Trinajstić information content (AvgIpc) is 3.80. The molecule has 0 unspecified atom stereocenters. The number of rotatable bonds is 9. The molecule has 56 heavy (non-hydrogen) atoms. The number of anilines is 2. The first-order chi connectivity index (χ1) is 26.8. The van der Waals surface area contributed by atoms with Crippen molar-refractivity contribution in [2.45, 2.75) is 61.7 Å². The molecule has 3 fully saturated rings. The van der Waals surface area contributed by atoms with Crippen LogP contribution in [0.4, 0.5) is 28.9 Å². The summed E-state index contributed by atoms with van der Waals surface area (Å²) in [6.45, 7) is 3.19. The number of benzene rings is 2. The Morgan fingerprint density at radius 3 is 2.38 bits per heavy atom. The molecular formula is C37H39F3N10O4S2. The lowest BCUT2D eigenvalue weighted by Crippen LogP contribution is -2.49. The Balaban J connectivity index is 0.847. The number of carbonyl (C=O) groups excluding carboxylic acids is 2. The van der Waals surface area contributed by atoms with Crippen LogP contribution in [0.15, 0.2) is 66.0 Å². The number of hydrogen-bond donors (Lipinski definition) is 2. The van der Waals surface area contributed by atoms with Gasteiger partial charge in [-0.2, -0.15) is 22.6 Å².